The van der Waals surface area contributed by atoms with Crippen LogP contribution < -0.4 is 10.6 Å². The fourth-order valence-electron chi connectivity index (χ4n) is 3.03. The lowest BCUT2D eigenvalue weighted by Gasteiger charge is -2.18. The van der Waals surface area contributed by atoms with Gasteiger partial charge in [-0.3, -0.25) is 9.59 Å². The van der Waals surface area contributed by atoms with Crippen LogP contribution >= 0.6 is 11.6 Å². The highest BCUT2D eigenvalue weighted by atomic mass is 35.5. The summed E-state index contributed by atoms with van der Waals surface area (Å²) in [5.74, 6) is -2.92. The average Bonchev–Trinajstić information content (AvgIpc) is 3.35. The zero-order valence-electron chi connectivity index (χ0n) is 18.2. The van der Waals surface area contributed by atoms with E-state index < -0.39 is 42.8 Å². The maximum atomic E-state index is 12.8. The monoisotopic (exact) mass is 522 g/mol. The van der Waals surface area contributed by atoms with Crippen molar-refractivity contribution in [2.75, 3.05) is 5.32 Å². The number of rotatable bonds is 9. The molecule has 0 radical (unpaired) electrons. The number of carbonyl (C=O) groups is 3. The van der Waals surface area contributed by atoms with Gasteiger partial charge in [0.1, 0.15) is 12.4 Å². The van der Waals surface area contributed by atoms with Gasteiger partial charge in [0.2, 0.25) is 11.8 Å². The van der Waals surface area contributed by atoms with Crippen molar-refractivity contribution >= 4 is 41.1 Å². The summed E-state index contributed by atoms with van der Waals surface area (Å²) < 4.78 is 39.7. The van der Waals surface area contributed by atoms with Crippen molar-refractivity contribution in [2.24, 2.45) is 0 Å². The molecule has 3 N–H and O–H groups in total. The standard InChI is InChI=1S/C22H18ClF3N6O4/c23-15-4-7-18(32-12-27-30-31-32)14(11-15)3-8-19(33)29-17(9-10-22(24,25)26)20(34)28-16-5-1-13(2-6-16)21(35)36/h1-8,11-12,17H,9-10H2,(H,28,34)(H,29,33)(H,35,36)/b8-3+. The number of halogens is 4. The minimum absolute atomic E-state index is 0.0397. The van der Waals surface area contributed by atoms with Crippen LogP contribution in [0.1, 0.15) is 28.8 Å². The number of carboxylic acids is 1. The Balaban J connectivity index is 1.75. The summed E-state index contributed by atoms with van der Waals surface area (Å²) in [5.41, 5.74) is 1.02. The van der Waals surface area contributed by atoms with E-state index in [9.17, 15) is 27.6 Å². The molecule has 0 spiro atoms. The van der Waals surface area contributed by atoms with E-state index in [-0.39, 0.29) is 11.3 Å². The molecular formula is C22H18ClF3N6O4. The van der Waals surface area contributed by atoms with Crippen molar-refractivity contribution in [3.63, 3.8) is 0 Å². The molecular weight excluding hydrogens is 505 g/mol. The Morgan fingerprint density at radius 3 is 2.47 bits per heavy atom. The Kier molecular flexibility index (Phi) is 8.38. The van der Waals surface area contributed by atoms with Crippen LogP contribution in [0.25, 0.3) is 11.8 Å². The summed E-state index contributed by atoms with van der Waals surface area (Å²) in [6, 6.07) is 8.18. The predicted octanol–water partition coefficient (Wildman–Crippen LogP) is 3.49. The quantitative estimate of drug-likeness (QED) is 0.365. The Bertz CT molecular complexity index is 1260. The second-order valence-electron chi connectivity index (χ2n) is 7.38. The number of amides is 2. The third-order valence-electron chi connectivity index (χ3n) is 4.75. The first-order valence-electron chi connectivity index (χ1n) is 10.2. The topological polar surface area (TPSA) is 139 Å². The summed E-state index contributed by atoms with van der Waals surface area (Å²) >= 11 is 6.02. The smallest absolute Gasteiger partial charge is 0.389 e. The van der Waals surface area contributed by atoms with Crippen molar-refractivity contribution < 1.29 is 32.7 Å². The van der Waals surface area contributed by atoms with E-state index in [1.54, 1.807) is 12.1 Å². The second kappa shape index (κ2) is 11.4. The molecule has 3 aromatic rings. The molecule has 2 aromatic carbocycles. The fourth-order valence-corrected chi connectivity index (χ4v) is 3.21. The molecule has 1 atom stereocenters. The highest BCUT2D eigenvalue weighted by molar-refractivity contribution is 6.30. The van der Waals surface area contributed by atoms with Gasteiger partial charge in [-0.1, -0.05) is 11.6 Å². The van der Waals surface area contributed by atoms with E-state index in [0.29, 0.717) is 16.3 Å². The van der Waals surface area contributed by atoms with Crippen molar-refractivity contribution in [3.8, 4) is 5.69 Å². The van der Waals surface area contributed by atoms with Crippen LogP contribution in [0.15, 0.2) is 54.9 Å². The van der Waals surface area contributed by atoms with E-state index in [1.807, 2.05) is 0 Å². The van der Waals surface area contributed by atoms with E-state index in [0.717, 1.165) is 6.08 Å². The van der Waals surface area contributed by atoms with Crippen LogP contribution in [-0.4, -0.2) is 55.3 Å². The minimum Gasteiger partial charge on any atom is -0.478 e. The van der Waals surface area contributed by atoms with E-state index in [4.69, 9.17) is 16.7 Å². The van der Waals surface area contributed by atoms with Gasteiger partial charge >= 0.3 is 12.1 Å². The number of nitrogens with one attached hydrogen (secondary N) is 2. The molecule has 0 aliphatic rings. The highest BCUT2D eigenvalue weighted by Gasteiger charge is 2.31. The van der Waals surface area contributed by atoms with Crippen LogP contribution in [0, 0.1) is 0 Å². The number of tetrazole rings is 1. The molecule has 10 nitrogen and oxygen atoms in total. The van der Waals surface area contributed by atoms with Crippen LogP contribution in [0.4, 0.5) is 18.9 Å². The average molecular weight is 523 g/mol. The number of hydrogen-bond acceptors (Lipinski definition) is 6. The number of hydrogen-bond donors (Lipinski definition) is 3. The lowest BCUT2D eigenvalue weighted by Crippen LogP contribution is -2.43. The molecule has 0 fully saturated rings. The largest absolute Gasteiger partial charge is 0.478 e. The fraction of sp³-hybridized carbons (Fsp3) is 0.182. The highest BCUT2D eigenvalue weighted by Crippen LogP contribution is 2.23. The van der Waals surface area contributed by atoms with Crippen LogP contribution in [-0.2, 0) is 9.59 Å². The number of aromatic carboxylic acids is 1. The Morgan fingerprint density at radius 2 is 1.86 bits per heavy atom. The summed E-state index contributed by atoms with van der Waals surface area (Å²) in [5, 5.41) is 24.8. The number of nitrogens with zero attached hydrogens (tertiary/aromatic N) is 4. The SMILES string of the molecule is O=C(/C=C/c1cc(Cl)ccc1-n1cnnn1)NC(CCC(F)(F)F)C(=O)Nc1ccc(C(=O)O)cc1. The molecule has 1 heterocycles. The van der Waals surface area contributed by atoms with Gasteiger partial charge in [-0.15, -0.1) is 5.10 Å². The Hall–Kier alpha value is -4.26. The van der Waals surface area contributed by atoms with Crippen molar-refractivity contribution in [1.82, 2.24) is 25.5 Å². The molecule has 3 rings (SSSR count). The van der Waals surface area contributed by atoms with Gasteiger partial charge in [-0.05, 0) is 65.4 Å². The van der Waals surface area contributed by atoms with Crippen LogP contribution in [0.2, 0.25) is 5.02 Å². The van der Waals surface area contributed by atoms with E-state index >= 15 is 0 Å². The minimum atomic E-state index is -4.55. The van der Waals surface area contributed by atoms with Crippen LogP contribution in [0.3, 0.4) is 0 Å². The first-order chi connectivity index (χ1) is 17.0. The molecule has 14 heteroatoms. The molecule has 0 saturated heterocycles. The number of carboxylic acid groups (broad SMARTS) is 1. The molecule has 0 saturated carbocycles. The predicted molar refractivity (Wildman–Crippen MR) is 122 cm³/mol. The van der Waals surface area contributed by atoms with Gasteiger partial charge < -0.3 is 15.7 Å². The first-order valence-corrected chi connectivity index (χ1v) is 10.6. The molecule has 2 amide bonds. The number of alkyl halides is 3. The molecule has 0 bridgehead atoms. The number of anilines is 1. The number of carbonyl (C=O) groups excluding carboxylic acids is 2. The normalized spacial score (nSPS) is 12.3. The van der Waals surface area contributed by atoms with Crippen molar-refractivity contribution in [3.05, 3.63) is 71.0 Å². The first kappa shape index (κ1) is 26.3. The summed E-state index contributed by atoms with van der Waals surface area (Å²) in [7, 11) is 0. The molecule has 0 aliphatic carbocycles. The maximum absolute atomic E-state index is 12.8. The molecule has 0 aliphatic heterocycles. The van der Waals surface area contributed by atoms with Crippen molar-refractivity contribution in [2.45, 2.75) is 25.1 Å². The van der Waals surface area contributed by atoms with Gasteiger partial charge in [0.15, 0.2) is 0 Å². The number of benzene rings is 2. The lowest BCUT2D eigenvalue weighted by atomic mass is 10.1. The molecule has 188 valence electrons. The third-order valence-corrected chi connectivity index (χ3v) is 4.98. The van der Waals surface area contributed by atoms with Crippen LogP contribution in [0.5, 0.6) is 0 Å². The number of aromatic nitrogens is 4. The van der Waals surface area contributed by atoms with Gasteiger partial charge in [-0.2, -0.15) is 17.9 Å². The Morgan fingerprint density at radius 1 is 1.14 bits per heavy atom. The van der Waals surface area contributed by atoms with E-state index in [2.05, 4.69) is 26.2 Å². The molecule has 1 unspecified atom stereocenters. The molecule has 36 heavy (non-hydrogen) atoms. The Labute approximate surface area is 206 Å². The van der Waals surface area contributed by atoms with E-state index in [1.165, 1.54) is 47.4 Å². The zero-order valence-corrected chi connectivity index (χ0v) is 19.0. The summed E-state index contributed by atoms with van der Waals surface area (Å²) in [6.45, 7) is 0. The maximum Gasteiger partial charge on any atom is 0.389 e. The van der Waals surface area contributed by atoms with Gasteiger partial charge in [-0.25, -0.2) is 4.79 Å². The van der Waals surface area contributed by atoms with Crippen molar-refractivity contribution in [1.29, 1.82) is 0 Å². The second-order valence-corrected chi connectivity index (χ2v) is 7.81. The zero-order chi connectivity index (χ0) is 26.3. The van der Waals surface area contributed by atoms with Gasteiger partial charge in [0, 0.05) is 28.8 Å². The summed E-state index contributed by atoms with van der Waals surface area (Å²) in [4.78, 5) is 36.1. The van der Waals surface area contributed by atoms with Gasteiger partial charge in [0.25, 0.3) is 0 Å². The summed E-state index contributed by atoms with van der Waals surface area (Å²) in [6.07, 6.45) is -2.87. The third kappa shape index (κ3) is 7.63. The lowest BCUT2D eigenvalue weighted by molar-refractivity contribution is -0.139. The van der Waals surface area contributed by atoms with Gasteiger partial charge in [0.05, 0.1) is 11.3 Å². The molecule has 1 aromatic heterocycles.